The van der Waals surface area contributed by atoms with Gasteiger partial charge in [0.25, 0.3) is 0 Å². The molecule has 0 spiro atoms. The molecule has 90 valence electrons. The highest BCUT2D eigenvalue weighted by molar-refractivity contribution is 5.20. The third-order valence-corrected chi connectivity index (χ3v) is 2.91. The topological polar surface area (TPSA) is 32.3 Å². The molecule has 0 radical (unpaired) electrons. The Morgan fingerprint density at radius 2 is 1.88 bits per heavy atom. The van der Waals surface area contributed by atoms with Crippen LogP contribution >= 0.6 is 0 Å². The van der Waals surface area contributed by atoms with E-state index in [0.717, 1.165) is 18.5 Å². The average Bonchev–Trinajstić information content (AvgIpc) is 2.29. The molecule has 0 fully saturated rings. The van der Waals surface area contributed by atoms with Crippen LogP contribution in [0.5, 0.6) is 0 Å². The van der Waals surface area contributed by atoms with Crippen LogP contribution in [0.3, 0.4) is 0 Å². The van der Waals surface area contributed by atoms with Gasteiger partial charge in [-0.2, -0.15) is 0 Å². The van der Waals surface area contributed by atoms with Gasteiger partial charge in [0, 0.05) is 5.54 Å². The van der Waals surface area contributed by atoms with Crippen LogP contribution in [0, 0.1) is 0 Å². The number of aliphatic hydroxyl groups is 1. The molecule has 1 rings (SSSR count). The lowest BCUT2D eigenvalue weighted by molar-refractivity contribution is 0.0803. The highest BCUT2D eigenvalue weighted by atomic mass is 16.3. The zero-order chi connectivity index (χ0) is 12.0. The van der Waals surface area contributed by atoms with E-state index in [1.807, 2.05) is 44.2 Å². The summed E-state index contributed by atoms with van der Waals surface area (Å²) in [6.45, 7) is 7.20. The second kappa shape index (κ2) is 6.02. The Labute approximate surface area is 98.7 Å². The number of hydrogen-bond donors (Lipinski definition) is 2. The summed E-state index contributed by atoms with van der Waals surface area (Å²) < 4.78 is 0. The van der Waals surface area contributed by atoms with Gasteiger partial charge in [-0.25, -0.2) is 0 Å². The Morgan fingerprint density at radius 3 is 2.44 bits per heavy atom. The second-order valence-electron chi connectivity index (χ2n) is 4.82. The molecule has 2 nitrogen and oxygen atoms in total. The van der Waals surface area contributed by atoms with Gasteiger partial charge in [-0.15, -0.1) is 0 Å². The van der Waals surface area contributed by atoms with E-state index in [-0.39, 0.29) is 5.54 Å². The molecule has 0 aliphatic rings. The van der Waals surface area contributed by atoms with Gasteiger partial charge >= 0.3 is 0 Å². The normalized spacial score (nSPS) is 13.8. The Morgan fingerprint density at radius 1 is 1.25 bits per heavy atom. The van der Waals surface area contributed by atoms with E-state index in [1.165, 1.54) is 6.42 Å². The largest absolute Gasteiger partial charge is 0.387 e. The molecule has 0 aliphatic carbocycles. The molecule has 0 aliphatic heterocycles. The molecule has 2 N–H and O–H groups in total. The maximum atomic E-state index is 10.3. The first-order chi connectivity index (χ1) is 7.58. The van der Waals surface area contributed by atoms with E-state index in [4.69, 9.17) is 0 Å². The lowest BCUT2D eigenvalue weighted by Crippen LogP contribution is -2.45. The van der Waals surface area contributed by atoms with Crippen molar-refractivity contribution in [2.45, 2.75) is 45.3 Å². The Hall–Kier alpha value is -0.860. The predicted molar refractivity (Wildman–Crippen MR) is 68.4 cm³/mol. The molecule has 1 aromatic rings. The van der Waals surface area contributed by atoms with Crippen LogP contribution in [0.2, 0.25) is 0 Å². The van der Waals surface area contributed by atoms with Crippen molar-refractivity contribution >= 4 is 0 Å². The van der Waals surface area contributed by atoms with E-state index in [1.54, 1.807) is 0 Å². The molecule has 0 saturated heterocycles. The zero-order valence-corrected chi connectivity index (χ0v) is 10.5. The minimum atomic E-state index is -0.467. The first-order valence-electron chi connectivity index (χ1n) is 6.06. The van der Waals surface area contributed by atoms with Crippen molar-refractivity contribution in [1.29, 1.82) is 0 Å². The summed E-state index contributed by atoms with van der Waals surface area (Å²) in [7, 11) is 0. The van der Waals surface area contributed by atoms with Crippen LogP contribution in [-0.2, 0) is 0 Å². The second-order valence-corrected chi connectivity index (χ2v) is 4.82. The van der Waals surface area contributed by atoms with E-state index in [0.29, 0.717) is 0 Å². The van der Waals surface area contributed by atoms with E-state index >= 15 is 0 Å². The maximum absolute atomic E-state index is 10.3. The number of unbranched alkanes of at least 4 members (excludes halogenated alkanes) is 1. The summed E-state index contributed by atoms with van der Waals surface area (Å²) in [5.41, 5.74) is 0.688. The molecule has 0 saturated carbocycles. The first kappa shape index (κ1) is 13.2. The van der Waals surface area contributed by atoms with E-state index < -0.39 is 6.10 Å². The van der Waals surface area contributed by atoms with Gasteiger partial charge < -0.3 is 10.4 Å². The highest BCUT2D eigenvalue weighted by Crippen LogP contribution is 2.24. The zero-order valence-electron chi connectivity index (χ0n) is 10.5. The van der Waals surface area contributed by atoms with Crippen LogP contribution < -0.4 is 5.32 Å². The van der Waals surface area contributed by atoms with Crippen molar-refractivity contribution in [3.8, 4) is 0 Å². The molecule has 0 bridgehead atoms. The van der Waals surface area contributed by atoms with Gasteiger partial charge in [0.05, 0.1) is 6.10 Å². The van der Waals surface area contributed by atoms with Crippen LogP contribution in [0.1, 0.15) is 45.3 Å². The molecule has 2 heteroatoms. The minimum Gasteiger partial charge on any atom is -0.387 e. The predicted octanol–water partition coefficient (Wildman–Crippen LogP) is 2.89. The van der Waals surface area contributed by atoms with Gasteiger partial charge in [0.1, 0.15) is 0 Å². The third kappa shape index (κ3) is 3.62. The lowest BCUT2D eigenvalue weighted by atomic mass is 9.91. The third-order valence-electron chi connectivity index (χ3n) is 2.91. The van der Waals surface area contributed by atoms with Gasteiger partial charge in [0.15, 0.2) is 0 Å². The van der Waals surface area contributed by atoms with Gasteiger partial charge in [-0.3, -0.25) is 0 Å². The van der Waals surface area contributed by atoms with Crippen molar-refractivity contribution in [1.82, 2.24) is 5.32 Å². The fourth-order valence-electron chi connectivity index (χ4n) is 1.74. The molecule has 0 heterocycles. The molecule has 0 amide bonds. The molecule has 1 atom stereocenters. The van der Waals surface area contributed by atoms with Crippen molar-refractivity contribution in [2.24, 2.45) is 0 Å². The van der Waals surface area contributed by atoms with Gasteiger partial charge in [-0.05, 0) is 32.4 Å². The molecular formula is C14H23NO. The quantitative estimate of drug-likeness (QED) is 0.724. The minimum absolute atomic E-state index is 0.281. The SMILES string of the molecule is CCCCNC(C)(C)C(O)c1ccccc1. The van der Waals surface area contributed by atoms with Crippen molar-refractivity contribution < 1.29 is 5.11 Å². The summed E-state index contributed by atoms with van der Waals surface area (Å²) in [4.78, 5) is 0. The fourth-order valence-corrected chi connectivity index (χ4v) is 1.74. The highest BCUT2D eigenvalue weighted by Gasteiger charge is 2.27. The smallest absolute Gasteiger partial charge is 0.0966 e. The number of rotatable bonds is 6. The number of nitrogens with one attached hydrogen (secondary N) is 1. The molecule has 1 aromatic carbocycles. The summed E-state index contributed by atoms with van der Waals surface area (Å²) >= 11 is 0. The standard InChI is InChI=1S/C14H23NO/c1-4-5-11-15-14(2,3)13(16)12-9-7-6-8-10-12/h6-10,13,15-16H,4-5,11H2,1-3H3. The summed E-state index contributed by atoms with van der Waals surface area (Å²) in [6, 6.07) is 9.82. The van der Waals surface area contributed by atoms with Crippen molar-refractivity contribution in [3.63, 3.8) is 0 Å². The Kier molecular flexibility index (Phi) is 4.97. The van der Waals surface area contributed by atoms with Crippen molar-refractivity contribution in [2.75, 3.05) is 6.54 Å². The number of hydrogen-bond acceptors (Lipinski definition) is 2. The van der Waals surface area contributed by atoms with Crippen LogP contribution in [0.4, 0.5) is 0 Å². The van der Waals surface area contributed by atoms with Crippen molar-refractivity contribution in [3.05, 3.63) is 35.9 Å². The number of aliphatic hydroxyl groups excluding tert-OH is 1. The first-order valence-corrected chi connectivity index (χ1v) is 6.06. The molecule has 1 unspecified atom stereocenters. The fraction of sp³-hybridized carbons (Fsp3) is 0.571. The van der Waals surface area contributed by atoms with Gasteiger partial charge in [-0.1, -0.05) is 43.7 Å². The maximum Gasteiger partial charge on any atom is 0.0966 e. The lowest BCUT2D eigenvalue weighted by Gasteiger charge is -2.32. The molecule has 0 aromatic heterocycles. The Balaban J connectivity index is 2.61. The average molecular weight is 221 g/mol. The Bertz CT molecular complexity index is 295. The molecular weight excluding hydrogens is 198 g/mol. The summed E-state index contributed by atoms with van der Waals surface area (Å²) in [5.74, 6) is 0. The van der Waals surface area contributed by atoms with Crippen LogP contribution in [0.15, 0.2) is 30.3 Å². The van der Waals surface area contributed by atoms with E-state index in [2.05, 4.69) is 12.2 Å². The summed E-state index contributed by atoms with van der Waals surface area (Å²) in [5, 5.41) is 13.7. The summed E-state index contributed by atoms with van der Waals surface area (Å²) in [6.07, 6.45) is 1.85. The number of benzene rings is 1. The van der Waals surface area contributed by atoms with E-state index in [9.17, 15) is 5.11 Å². The van der Waals surface area contributed by atoms with Crippen LogP contribution in [-0.4, -0.2) is 17.2 Å². The molecule has 16 heavy (non-hydrogen) atoms. The van der Waals surface area contributed by atoms with Crippen LogP contribution in [0.25, 0.3) is 0 Å². The van der Waals surface area contributed by atoms with Gasteiger partial charge in [0.2, 0.25) is 0 Å². The monoisotopic (exact) mass is 221 g/mol.